The van der Waals surface area contributed by atoms with Crippen LogP contribution in [0.25, 0.3) is 11.0 Å². The fourth-order valence-corrected chi connectivity index (χ4v) is 3.88. The summed E-state index contributed by atoms with van der Waals surface area (Å²) in [4.78, 5) is 4.57. The normalized spacial score (nSPS) is 21.2. The Balaban J connectivity index is 1.85. The summed E-state index contributed by atoms with van der Waals surface area (Å²) in [5.74, 6) is 0.126. The van der Waals surface area contributed by atoms with Crippen molar-refractivity contribution in [2.24, 2.45) is 0 Å². The van der Waals surface area contributed by atoms with Gasteiger partial charge in [-0.2, -0.15) is 22.1 Å². The van der Waals surface area contributed by atoms with Crippen molar-refractivity contribution in [2.75, 3.05) is 27.2 Å². The van der Waals surface area contributed by atoms with Crippen LogP contribution in [0.4, 0.5) is 0 Å². The molecule has 1 atom stereocenters. The molecule has 8 heteroatoms. The summed E-state index contributed by atoms with van der Waals surface area (Å²) in [5.41, 5.74) is 1.67. The maximum absolute atomic E-state index is 12.2. The van der Waals surface area contributed by atoms with Gasteiger partial charge in [0.25, 0.3) is 10.2 Å². The average Bonchev–Trinajstić information content (AvgIpc) is 2.94. The summed E-state index contributed by atoms with van der Waals surface area (Å²) in [5, 5.41) is 7.79. The van der Waals surface area contributed by atoms with E-state index in [0.29, 0.717) is 13.1 Å². The molecule has 0 unspecified atom stereocenters. The predicted molar refractivity (Wildman–Crippen MR) is 80.0 cm³/mol. The molecular formula is C13H19N5O2S. The van der Waals surface area contributed by atoms with E-state index in [1.54, 1.807) is 24.6 Å². The molecule has 1 saturated heterocycles. The number of nitrogens with one attached hydrogen (secondary N) is 1. The van der Waals surface area contributed by atoms with Crippen molar-refractivity contribution in [3.8, 4) is 0 Å². The molecule has 2 aromatic rings. The van der Waals surface area contributed by atoms with Crippen LogP contribution in [0.15, 0.2) is 18.3 Å². The van der Waals surface area contributed by atoms with Crippen LogP contribution in [-0.2, 0) is 10.2 Å². The van der Waals surface area contributed by atoms with E-state index >= 15 is 0 Å². The van der Waals surface area contributed by atoms with E-state index in [0.717, 1.165) is 29.6 Å². The third-order valence-corrected chi connectivity index (χ3v) is 5.82. The number of aromatic amines is 1. The zero-order valence-corrected chi connectivity index (χ0v) is 13.0. The van der Waals surface area contributed by atoms with Crippen molar-refractivity contribution < 1.29 is 8.42 Å². The number of aromatic nitrogens is 3. The molecule has 114 valence electrons. The molecule has 2 aromatic heterocycles. The van der Waals surface area contributed by atoms with Crippen LogP contribution in [0.3, 0.4) is 0 Å². The molecule has 0 spiro atoms. The van der Waals surface area contributed by atoms with Gasteiger partial charge < -0.3 is 0 Å². The third kappa shape index (κ3) is 2.66. The molecule has 1 aliphatic heterocycles. The number of hydrogen-bond donors (Lipinski definition) is 1. The van der Waals surface area contributed by atoms with Gasteiger partial charge in [-0.15, -0.1) is 0 Å². The predicted octanol–water partition coefficient (Wildman–Crippen LogP) is 0.944. The van der Waals surface area contributed by atoms with Crippen LogP contribution in [-0.4, -0.2) is 59.4 Å². The van der Waals surface area contributed by atoms with Gasteiger partial charge in [0, 0.05) is 44.2 Å². The molecule has 0 aromatic carbocycles. The summed E-state index contributed by atoms with van der Waals surface area (Å²) in [6.45, 7) is 1.05. The largest absolute Gasteiger partial charge is 0.281 e. The van der Waals surface area contributed by atoms with Gasteiger partial charge in [-0.1, -0.05) is 0 Å². The van der Waals surface area contributed by atoms with Gasteiger partial charge >= 0.3 is 0 Å². The van der Waals surface area contributed by atoms with E-state index in [9.17, 15) is 8.42 Å². The van der Waals surface area contributed by atoms with E-state index < -0.39 is 10.2 Å². The average molecular weight is 309 g/mol. The zero-order valence-electron chi connectivity index (χ0n) is 12.2. The van der Waals surface area contributed by atoms with E-state index in [1.807, 2.05) is 12.1 Å². The fourth-order valence-electron chi connectivity index (χ4n) is 2.69. The van der Waals surface area contributed by atoms with Crippen LogP contribution in [0, 0.1) is 0 Å². The number of hydrogen-bond acceptors (Lipinski definition) is 4. The molecule has 1 N–H and O–H groups in total. The van der Waals surface area contributed by atoms with E-state index in [1.165, 1.54) is 4.31 Å². The Hall–Kier alpha value is -1.51. The minimum absolute atomic E-state index is 0.126. The zero-order chi connectivity index (χ0) is 15.0. The molecule has 3 heterocycles. The minimum Gasteiger partial charge on any atom is -0.261 e. The standard InChI is InChI=1S/C13H19N5O2S/c1-17(2)21(19,20)18-7-3-4-11(9-18)12-6-5-10-8-14-16-13(10)15-12/h5-6,8,11H,3-4,7,9H2,1-2H3,(H,14,15,16)/t11-/m1/s1. The number of piperidine rings is 1. The van der Waals surface area contributed by atoms with Crippen molar-refractivity contribution in [3.05, 3.63) is 24.0 Å². The molecule has 3 rings (SSSR count). The maximum atomic E-state index is 12.2. The lowest BCUT2D eigenvalue weighted by Gasteiger charge is -2.33. The summed E-state index contributed by atoms with van der Waals surface area (Å²) < 4.78 is 27.3. The lowest BCUT2D eigenvalue weighted by Crippen LogP contribution is -2.45. The van der Waals surface area contributed by atoms with Gasteiger partial charge in [0.2, 0.25) is 0 Å². The smallest absolute Gasteiger partial charge is 0.261 e. The summed E-state index contributed by atoms with van der Waals surface area (Å²) >= 11 is 0. The first-order valence-corrected chi connectivity index (χ1v) is 8.36. The van der Waals surface area contributed by atoms with Crippen molar-refractivity contribution >= 4 is 21.2 Å². The first kappa shape index (κ1) is 14.4. The molecule has 21 heavy (non-hydrogen) atoms. The van der Waals surface area contributed by atoms with Crippen molar-refractivity contribution in [3.63, 3.8) is 0 Å². The summed E-state index contributed by atoms with van der Waals surface area (Å²) in [7, 11) is -0.227. The summed E-state index contributed by atoms with van der Waals surface area (Å²) in [6.07, 6.45) is 3.53. The third-order valence-electron chi connectivity index (χ3n) is 3.91. The van der Waals surface area contributed by atoms with Crippen molar-refractivity contribution in [1.29, 1.82) is 0 Å². The first-order valence-electron chi connectivity index (χ1n) is 6.96. The van der Waals surface area contributed by atoms with Gasteiger partial charge in [0.05, 0.1) is 6.20 Å². The Labute approximate surface area is 124 Å². The van der Waals surface area contributed by atoms with Gasteiger partial charge in [-0.3, -0.25) is 5.10 Å². The molecule has 1 fully saturated rings. The monoisotopic (exact) mass is 309 g/mol. The van der Waals surface area contributed by atoms with E-state index in [2.05, 4.69) is 15.2 Å². The second-order valence-corrected chi connectivity index (χ2v) is 7.67. The number of nitrogens with zero attached hydrogens (tertiary/aromatic N) is 4. The SMILES string of the molecule is CN(C)S(=O)(=O)N1CCC[C@@H](c2ccc3cn[nH]c3n2)C1. The molecule has 0 amide bonds. The molecular weight excluding hydrogens is 290 g/mol. The summed E-state index contributed by atoms with van der Waals surface area (Å²) in [6, 6.07) is 3.94. The Bertz CT molecular complexity index is 740. The van der Waals surface area contributed by atoms with Crippen LogP contribution in [0.1, 0.15) is 24.5 Å². The highest BCUT2D eigenvalue weighted by Crippen LogP contribution is 2.28. The number of H-pyrrole nitrogens is 1. The highest BCUT2D eigenvalue weighted by Gasteiger charge is 2.31. The van der Waals surface area contributed by atoms with Gasteiger partial charge in [0.1, 0.15) is 0 Å². The molecule has 0 aliphatic carbocycles. The van der Waals surface area contributed by atoms with Crippen LogP contribution < -0.4 is 0 Å². The number of rotatable bonds is 3. The Morgan fingerprint density at radius 1 is 1.38 bits per heavy atom. The fraction of sp³-hybridized carbons (Fsp3) is 0.538. The highest BCUT2D eigenvalue weighted by atomic mass is 32.2. The second-order valence-electron chi connectivity index (χ2n) is 5.53. The lowest BCUT2D eigenvalue weighted by molar-refractivity contribution is 0.296. The molecule has 7 nitrogen and oxygen atoms in total. The topological polar surface area (TPSA) is 82.2 Å². The van der Waals surface area contributed by atoms with Crippen molar-refractivity contribution in [2.45, 2.75) is 18.8 Å². The first-order chi connectivity index (χ1) is 9.98. The van der Waals surface area contributed by atoms with Crippen LogP contribution >= 0.6 is 0 Å². The van der Waals surface area contributed by atoms with Gasteiger partial charge in [-0.05, 0) is 25.0 Å². The molecule has 1 aliphatic rings. The van der Waals surface area contributed by atoms with Crippen LogP contribution in [0.5, 0.6) is 0 Å². The lowest BCUT2D eigenvalue weighted by atomic mass is 9.95. The second kappa shape index (κ2) is 5.36. The molecule has 0 radical (unpaired) electrons. The van der Waals surface area contributed by atoms with Gasteiger partial charge in [0.15, 0.2) is 5.65 Å². The van der Waals surface area contributed by atoms with Crippen molar-refractivity contribution in [1.82, 2.24) is 23.8 Å². The number of fused-ring (bicyclic) bond motifs is 1. The van der Waals surface area contributed by atoms with Gasteiger partial charge in [-0.25, -0.2) is 4.98 Å². The Kier molecular flexibility index (Phi) is 3.68. The molecule has 0 saturated carbocycles. The Morgan fingerprint density at radius 2 is 2.19 bits per heavy atom. The van der Waals surface area contributed by atoms with Crippen LogP contribution in [0.2, 0.25) is 0 Å². The Morgan fingerprint density at radius 3 is 2.95 bits per heavy atom. The minimum atomic E-state index is -3.35. The maximum Gasteiger partial charge on any atom is 0.281 e. The highest BCUT2D eigenvalue weighted by molar-refractivity contribution is 7.86. The quantitative estimate of drug-likeness (QED) is 0.915. The molecule has 0 bridgehead atoms. The van der Waals surface area contributed by atoms with E-state index in [-0.39, 0.29) is 5.92 Å². The van der Waals surface area contributed by atoms with E-state index in [4.69, 9.17) is 0 Å². The number of pyridine rings is 1.